The fourth-order valence-electron chi connectivity index (χ4n) is 12.3. The smallest absolute Gasteiger partial charge is 0.343 e. The molecular formula is C94H78O16. The van der Waals surface area contributed by atoms with E-state index < -0.39 is 23.9 Å². The number of rotatable bonds is 33. The average molecular weight is 1460 g/mol. The molecule has 0 aromatic heterocycles. The van der Waals surface area contributed by atoms with E-state index in [1.807, 2.05) is 123 Å². The quantitative estimate of drug-likeness (QED) is 0.0162. The molecule has 550 valence electrons. The summed E-state index contributed by atoms with van der Waals surface area (Å²) in [6.07, 6.45) is 3.67. The van der Waals surface area contributed by atoms with Gasteiger partial charge in [-0.2, -0.15) is 0 Å². The van der Waals surface area contributed by atoms with Gasteiger partial charge in [-0.05, 0) is 217 Å². The monoisotopic (exact) mass is 1460 g/mol. The van der Waals surface area contributed by atoms with Gasteiger partial charge < -0.3 is 37.9 Å². The van der Waals surface area contributed by atoms with Crippen LogP contribution in [0.4, 0.5) is 0 Å². The highest BCUT2D eigenvalue weighted by molar-refractivity contribution is 6.01. The zero-order valence-corrected chi connectivity index (χ0v) is 61.2. The Labute approximate surface area is 637 Å². The van der Waals surface area contributed by atoms with Crippen molar-refractivity contribution in [1.29, 1.82) is 0 Å². The van der Waals surface area contributed by atoms with Gasteiger partial charge in [-0.3, -0.25) is 19.2 Å². The zero-order chi connectivity index (χ0) is 76.9. The highest BCUT2D eigenvalue weighted by atomic mass is 16.6. The van der Waals surface area contributed by atoms with Gasteiger partial charge in [-0.1, -0.05) is 164 Å². The summed E-state index contributed by atoms with van der Waals surface area (Å²) in [4.78, 5) is 104. The maximum atomic E-state index is 13.5. The molecule has 0 aliphatic rings. The number of ether oxygens (including phenoxy) is 8. The SMILES string of the molecule is COc1ccc(Cc2ccc(OC(=O)c3ccc(C(=O)COc4ccc(Cc5ccc(OC(=O)c6ccc(C(=O)CCCCOc7ccc(Cc8ccccc8OC(=O)c8ccc(C(=O)COc9ccccc9Cc9ccccc9OC(=O)c9ccc(C(C)=O)cc9)cc8)cc7)cc6)cc5)cc4)cc3)c(C)c2)cc1C. The topological polar surface area (TPSA) is 210 Å². The molecule has 0 atom stereocenters. The van der Waals surface area contributed by atoms with E-state index >= 15 is 0 Å². The van der Waals surface area contributed by atoms with Crippen molar-refractivity contribution in [3.63, 3.8) is 0 Å². The standard InChI is InChI=1S/C94H78O16/c1-61-53-67(26-50-86(61)103-4)56-68-27-51-87(62(2)54-68)108-92(100)75-40-32-71(33-41-75)84(97)59-105-81-46-20-64(21-47-81)55-65-24-48-82(49-25-65)107-91(99)73-38-30-70(31-39-73)83(96)16-11-12-52-104-80-44-22-66(23-45-80)57-77-13-6-9-18-89(77)109-94(102)76-42-34-72(35-43-76)85(98)60-106-88-17-8-5-14-78(88)58-79-15-7-10-19-90(79)110-93(101)74-36-28-69(29-37-74)63(3)95/h5-10,13-15,17-51,53-54H,11-12,16,52,55-60H2,1-4H3. The molecule has 0 heterocycles. The first-order valence-electron chi connectivity index (χ1n) is 36.0. The van der Waals surface area contributed by atoms with Gasteiger partial charge in [0.05, 0.1) is 36.0 Å². The number of esters is 4. The van der Waals surface area contributed by atoms with E-state index in [1.165, 1.54) is 6.92 Å². The normalized spacial score (nSPS) is 10.8. The van der Waals surface area contributed by atoms with E-state index in [4.69, 9.17) is 37.9 Å². The lowest BCUT2D eigenvalue weighted by molar-refractivity contribution is 0.0723. The fourth-order valence-corrected chi connectivity index (χ4v) is 12.3. The van der Waals surface area contributed by atoms with Gasteiger partial charge in [-0.15, -0.1) is 0 Å². The molecule has 0 spiro atoms. The molecular weight excluding hydrogens is 1390 g/mol. The van der Waals surface area contributed by atoms with Crippen LogP contribution in [0.15, 0.2) is 279 Å². The minimum atomic E-state index is -0.587. The van der Waals surface area contributed by atoms with Crippen LogP contribution < -0.4 is 37.9 Å². The van der Waals surface area contributed by atoms with Crippen molar-refractivity contribution < 1.29 is 76.3 Å². The van der Waals surface area contributed by atoms with Crippen molar-refractivity contribution in [1.82, 2.24) is 0 Å². The van der Waals surface area contributed by atoms with Crippen LogP contribution in [0.25, 0.3) is 0 Å². The van der Waals surface area contributed by atoms with Crippen LogP contribution >= 0.6 is 0 Å². The van der Waals surface area contributed by atoms with Crippen LogP contribution in [0, 0.1) is 13.8 Å². The Morgan fingerprint density at radius 1 is 0.282 bits per heavy atom. The van der Waals surface area contributed by atoms with Gasteiger partial charge in [0.1, 0.15) is 46.0 Å². The minimum Gasteiger partial charge on any atom is -0.496 e. The molecule has 16 heteroatoms. The van der Waals surface area contributed by atoms with E-state index in [-0.39, 0.29) is 41.9 Å². The summed E-state index contributed by atoms with van der Waals surface area (Å²) in [7, 11) is 1.66. The predicted molar refractivity (Wildman–Crippen MR) is 418 cm³/mol. The maximum absolute atomic E-state index is 13.5. The van der Waals surface area contributed by atoms with E-state index in [2.05, 4.69) is 6.07 Å². The average Bonchev–Trinajstić information content (AvgIpc) is 0.827. The Hall–Kier alpha value is -13.6. The molecule has 0 fully saturated rings. The van der Waals surface area contributed by atoms with Gasteiger partial charge in [0, 0.05) is 41.5 Å². The van der Waals surface area contributed by atoms with Gasteiger partial charge in [-0.25, -0.2) is 19.2 Å². The largest absolute Gasteiger partial charge is 0.496 e. The first kappa shape index (κ1) is 76.1. The summed E-state index contributed by atoms with van der Waals surface area (Å²) in [6, 6.07) is 81.1. The summed E-state index contributed by atoms with van der Waals surface area (Å²) in [6.45, 7) is 5.31. The second kappa shape index (κ2) is 36.6. The first-order valence-corrected chi connectivity index (χ1v) is 36.0. The number of carbonyl (C=O) groups excluding carboxylic acids is 8. The summed E-state index contributed by atoms with van der Waals surface area (Å²) in [5, 5.41) is 0. The molecule has 16 nitrogen and oxygen atoms in total. The Bertz CT molecular complexity index is 5300. The van der Waals surface area contributed by atoms with Crippen LogP contribution in [0.1, 0.15) is 165 Å². The van der Waals surface area contributed by atoms with Gasteiger partial charge in [0.2, 0.25) is 0 Å². The lowest BCUT2D eigenvalue weighted by Gasteiger charge is -2.14. The molecule has 0 amide bonds. The summed E-state index contributed by atoms with van der Waals surface area (Å²) in [5.74, 6) is 1.17. The minimum absolute atomic E-state index is 0.0525. The van der Waals surface area contributed by atoms with Crippen LogP contribution in [-0.4, -0.2) is 73.9 Å². The zero-order valence-electron chi connectivity index (χ0n) is 61.2. The third kappa shape index (κ3) is 20.7. The van der Waals surface area contributed by atoms with Crippen molar-refractivity contribution in [2.75, 3.05) is 26.9 Å². The maximum Gasteiger partial charge on any atom is 0.343 e. The molecule has 0 saturated carbocycles. The molecule has 12 aromatic rings. The summed E-state index contributed by atoms with van der Waals surface area (Å²) in [5.41, 5.74) is 12.2. The highest BCUT2D eigenvalue weighted by Gasteiger charge is 2.20. The van der Waals surface area contributed by atoms with E-state index in [1.54, 1.807) is 171 Å². The Balaban J connectivity index is 0.521. The van der Waals surface area contributed by atoms with Crippen molar-refractivity contribution in [3.8, 4) is 46.0 Å². The van der Waals surface area contributed by atoms with E-state index in [0.717, 1.165) is 67.8 Å². The third-order valence-electron chi connectivity index (χ3n) is 18.4. The number of ketones is 4. The van der Waals surface area contributed by atoms with Crippen LogP contribution in [0.2, 0.25) is 0 Å². The number of methoxy groups -OCH3 is 1. The molecule has 0 aliphatic heterocycles. The number of Topliss-reactive ketones (excluding diaryl/α,β-unsaturated/α-hetero) is 4. The number of para-hydroxylation sites is 3. The molecule has 0 saturated heterocycles. The fraction of sp³-hybridized carbons (Fsp3) is 0.149. The summed E-state index contributed by atoms with van der Waals surface area (Å²) >= 11 is 0. The summed E-state index contributed by atoms with van der Waals surface area (Å²) < 4.78 is 46.4. The Morgan fingerprint density at radius 2 is 0.636 bits per heavy atom. The number of unbranched alkanes of at least 4 members (excludes halogenated alkanes) is 1. The number of hydrogen-bond donors (Lipinski definition) is 0. The lowest BCUT2D eigenvalue weighted by Crippen LogP contribution is -2.14. The second-order valence-electron chi connectivity index (χ2n) is 26.4. The lowest BCUT2D eigenvalue weighted by atomic mass is 10.0. The van der Waals surface area contributed by atoms with Crippen molar-refractivity contribution in [2.45, 2.75) is 65.7 Å². The van der Waals surface area contributed by atoms with Crippen LogP contribution in [0.5, 0.6) is 46.0 Å². The van der Waals surface area contributed by atoms with Gasteiger partial charge >= 0.3 is 23.9 Å². The molecule has 0 unspecified atom stereocenters. The molecule has 0 N–H and O–H groups in total. The number of carbonyl (C=O) groups is 8. The molecule has 12 rings (SSSR count). The van der Waals surface area contributed by atoms with Crippen molar-refractivity contribution in [2.24, 2.45) is 0 Å². The molecule has 0 bridgehead atoms. The van der Waals surface area contributed by atoms with Crippen LogP contribution in [-0.2, 0) is 25.7 Å². The molecule has 0 radical (unpaired) electrons. The van der Waals surface area contributed by atoms with Crippen LogP contribution in [0.3, 0.4) is 0 Å². The number of hydrogen-bond acceptors (Lipinski definition) is 16. The molecule has 12 aromatic carbocycles. The molecule has 0 aliphatic carbocycles. The van der Waals surface area contributed by atoms with Gasteiger partial charge in [0.15, 0.2) is 36.3 Å². The van der Waals surface area contributed by atoms with Crippen molar-refractivity contribution >= 4 is 47.0 Å². The first-order chi connectivity index (χ1) is 53.4. The third-order valence-corrected chi connectivity index (χ3v) is 18.4. The number of aryl methyl sites for hydroxylation is 2. The molecule has 110 heavy (non-hydrogen) atoms. The second-order valence-corrected chi connectivity index (χ2v) is 26.4. The highest BCUT2D eigenvalue weighted by Crippen LogP contribution is 2.31. The number of benzene rings is 12. The Kier molecular flexibility index (Phi) is 25.3. The van der Waals surface area contributed by atoms with E-state index in [0.29, 0.717) is 124 Å². The van der Waals surface area contributed by atoms with Gasteiger partial charge in [0.25, 0.3) is 0 Å². The predicted octanol–water partition coefficient (Wildman–Crippen LogP) is 18.7. The van der Waals surface area contributed by atoms with E-state index in [9.17, 15) is 38.4 Å². The Morgan fingerprint density at radius 3 is 1.11 bits per heavy atom. The van der Waals surface area contributed by atoms with Crippen molar-refractivity contribution in [3.05, 3.63) is 379 Å².